The van der Waals surface area contributed by atoms with E-state index in [-0.39, 0.29) is 12.5 Å². The second-order valence-corrected chi connectivity index (χ2v) is 8.29. The maximum absolute atomic E-state index is 13.5. The molecule has 4 aromatic rings. The van der Waals surface area contributed by atoms with Crippen LogP contribution in [-0.2, 0) is 0 Å². The fraction of sp³-hybridized carbons (Fsp3) is 0.143. The molecule has 1 saturated heterocycles. The summed E-state index contributed by atoms with van der Waals surface area (Å²) >= 11 is 0. The van der Waals surface area contributed by atoms with Gasteiger partial charge in [-0.05, 0) is 29.3 Å². The average Bonchev–Trinajstić information content (AvgIpc) is 3.27. The molecule has 2 heterocycles. The third-order valence-corrected chi connectivity index (χ3v) is 6.05. The van der Waals surface area contributed by atoms with E-state index in [1.807, 2.05) is 66.7 Å². The smallest absolute Gasteiger partial charge is 0.278 e. The van der Waals surface area contributed by atoms with Crippen molar-refractivity contribution in [2.24, 2.45) is 4.99 Å². The molecule has 5 rings (SSSR count). The molecular weight excluding hydrogens is 426 g/mol. The Hall–Kier alpha value is -4.16. The number of hydrogen-bond acceptors (Lipinski definition) is 4. The number of likely N-dealkylation sites (tertiary alicyclic amines) is 1. The second kappa shape index (κ2) is 9.37. The van der Waals surface area contributed by atoms with Gasteiger partial charge in [0.1, 0.15) is 0 Å². The molecular formula is C28H23N3O3. The largest absolute Gasteiger partial charge is 0.391 e. The zero-order valence-corrected chi connectivity index (χ0v) is 18.4. The Morgan fingerprint density at radius 3 is 2.50 bits per heavy atom. The van der Waals surface area contributed by atoms with Crippen LogP contribution in [0.25, 0.3) is 22.0 Å². The zero-order chi connectivity index (χ0) is 23.5. The van der Waals surface area contributed by atoms with Crippen LogP contribution in [0.2, 0.25) is 0 Å². The Balaban J connectivity index is 1.42. The number of hydrogen-bond donors (Lipinski definition) is 1. The van der Waals surface area contributed by atoms with Gasteiger partial charge in [-0.2, -0.15) is 0 Å². The van der Waals surface area contributed by atoms with E-state index in [0.29, 0.717) is 23.1 Å². The molecule has 0 bridgehead atoms. The van der Waals surface area contributed by atoms with E-state index in [4.69, 9.17) is 0 Å². The van der Waals surface area contributed by atoms with E-state index < -0.39 is 18.1 Å². The highest BCUT2D eigenvalue weighted by atomic mass is 16.3. The van der Waals surface area contributed by atoms with Gasteiger partial charge in [-0.3, -0.25) is 14.6 Å². The summed E-state index contributed by atoms with van der Waals surface area (Å²) in [5.74, 6) is -0.630. The van der Waals surface area contributed by atoms with Crippen LogP contribution in [0.4, 0.5) is 0 Å². The standard InChI is InChI=1S/C28H23N3O3/c32-22-16-21(17-30-27(33)25-14-6-10-20-11-7-15-29-26(20)25)31(18-22)28(34)24-13-5-4-12-23(24)19-8-2-1-3-9-19/h1-15,17,21-22,32H,16,18H2/t21-,22+/m0/s1. The molecule has 6 heteroatoms. The van der Waals surface area contributed by atoms with Gasteiger partial charge in [0, 0.05) is 36.3 Å². The van der Waals surface area contributed by atoms with Crippen LogP contribution >= 0.6 is 0 Å². The molecule has 0 aliphatic carbocycles. The van der Waals surface area contributed by atoms with Crippen molar-refractivity contribution in [2.45, 2.75) is 18.6 Å². The summed E-state index contributed by atoms with van der Waals surface area (Å²) in [5.41, 5.74) is 3.30. The summed E-state index contributed by atoms with van der Waals surface area (Å²) in [6, 6.07) is 25.7. The number of nitrogens with zero attached hydrogens (tertiary/aromatic N) is 3. The van der Waals surface area contributed by atoms with Gasteiger partial charge in [0.25, 0.3) is 11.8 Å². The molecule has 6 nitrogen and oxygen atoms in total. The molecule has 1 aliphatic rings. The van der Waals surface area contributed by atoms with Gasteiger partial charge < -0.3 is 10.0 Å². The van der Waals surface area contributed by atoms with Gasteiger partial charge in [0.2, 0.25) is 0 Å². The number of carbonyl (C=O) groups excluding carboxylic acids is 2. The Labute approximate surface area is 197 Å². The van der Waals surface area contributed by atoms with Gasteiger partial charge in [-0.15, -0.1) is 0 Å². The van der Waals surface area contributed by atoms with E-state index in [9.17, 15) is 14.7 Å². The molecule has 0 spiro atoms. The minimum absolute atomic E-state index is 0.183. The quantitative estimate of drug-likeness (QED) is 0.469. The number of aliphatic hydroxyl groups is 1. The predicted octanol–water partition coefficient (Wildman–Crippen LogP) is 4.39. The summed E-state index contributed by atoms with van der Waals surface area (Å²) in [6.45, 7) is 0.183. The van der Waals surface area contributed by atoms with Crippen LogP contribution in [-0.4, -0.2) is 51.7 Å². The third-order valence-electron chi connectivity index (χ3n) is 6.05. The van der Waals surface area contributed by atoms with Crippen LogP contribution in [0.5, 0.6) is 0 Å². The number of aromatic nitrogens is 1. The number of aliphatic hydroxyl groups excluding tert-OH is 1. The molecule has 0 saturated carbocycles. The highest BCUT2D eigenvalue weighted by molar-refractivity contribution is 6.09. The normalized spacial score (nSPS) is 18.0. The number of para-hydroxylation sites is 1. The molecule has 1 aromatic heterocycles. The number of carbonyl (C=O) groups is 2. The minimum atomic E-state index is -0.682. The van der Waals surface area contributed by atoms with E-state index in [0.717, 1.165) is 16.5 Å². The first-order chi connectivity index (χ1) is 16.6. The van der Waals surface area contributed by atoms with Crippen LogP contribution in [0.15, 0.2) is 96.1 Å². The lowest BCUT2D eigenvalue weighted by Gasteiger charge is -2.23. The molecule has 168 valence electrons. The van der Waals surface area contributed by atoms with Gasteiger partial charge in [-0.1, -0.05) is 66.7 Å². The van der Waals surface area contributed by atoms with Crippen LogP contribution in [0.3, 0.4) is 0 Å². The van der Waals surface area contributed by atoms with Crippen molar-refractivity contribution in [3.63, 3.8) is 0 Å². The van der Waals surface area contributed by atoms with Gasteiger partial charge in [0.05, 0.1) is 23.2 Å². The lowest BCUT2D eigenvalue weighted by molar-refractivity contribution is 0.0747. The molecule has 0 radical (unpaired) electrons. The number of benzene rings is 3. The lowest BCUT2D eigenvalue weighted by Crippen LogP contribution is -2.37. The Kier molecular flexibility index (Phi) is 5.97. The van der Waals surface area contributed by atoms with E-state index in [1.165, 1.54) is 6.21 Å². The van der Waals surface area contributed by atoms with Crippen molar-refractivity contribution in [1.82, 2.24) is 9.88 Å². The van der Waals surface area contributed by atoms with Crippen LogP contribution < -0.4 is 0 Å². The van der Waals surface area contributed by atoms with Crippen LogP contribution in [0.1, 0.15) is 27.1 Å². The molecule has 0 unspecified atom stereocenters. The molecule has 1 aliphatic heterocycles. The number of aliphatic imine (C=N–C) groups is 1. The van der Waals surface area contributed by atoms with Crippen molar-refractivity contribution in [3.8, 4) is 11.1 Å². The van der Waals surface area contributed by atoms with E-state index in [2.05, 4.69) is 9.98 Å². The number of amides is 2. The van der Waals surface area contributed by atoms with Gasteiger partial charge >= 0.3 is 0 Å². The Bertz CT molecular complexity index is 1380. The number of pyridine rings is 1. The summed E-state index contributed by atoms with van der Waals surface area (Å²) < 4.78 is 0. The lowest BCUT2D eigenvalue weighted by atomic mass is 9.98. The molecule has 2 atom stereocenters. The molecule has 1 N–H and O–H groups in total. The van der Waals surface area contributed by atoms with Crippen molar-refractivity contribution >= 4 is 28.9 Å². The average molecular weight is 450 g/mol. The van der Waals surface area contributed by atoms with Crippen LogP contribution in [0, 0.1) is 0 Å². The third kappa shape index (κ3) is 4.23. The SMILES string of the molecule is O=C(N=C[C@@H]1C[C@@H](O)CN1C(=O)c1ccccc1-c1ccccc1)c1cccc2cccnc12. The minimum Gasteiger partial charge on any atom is -0.391 e. The summed E-state index contributed by atoms with van der Waals surface area (Å²) in [7, 11) is 0. The Morgan fingerprint density at radius 1 is 0.912 bits per heavy atom. The fourth-order valence-electron chi connectivity index (χ4n) is 4.41. The Morgan fingerprint density at radius 2 is 1.65 bits per heavy atom. The first-order valence-corrected chi connectivity index (χ1v) is 11.2. The predicted molar refractivity (Wildman–Crippen MR) is 132 cm³/mol. The van der Waals surface area contributed by atoms with Gasteiger partial charge in [-0.25, -0.2) is 4.99 Å². The zero-order valence-electron chi connectivity index (χ0n) is 18.4. The summed E-state index contributed by atoms with van der Waals surface area (Å²) in [6.07, 6.45) is 2.76. The molecule has 3 aromatic carbocycles. The first-order valence-electron chi connectivity index (χ1n) is 11.2. The van der Waals surface area contributed by atoms with Gasteiger partial charge in [0.15, 0.2) is 0 Å². The monoisotopic (exact) mass is 449 g/mol. The van der Waals surface area contributed by atoms with Crippen molar-refractivity contribution in [3.05, 3.63) is 102 Å². The number of fused-ring (bicyclic) bond motifs is 1. The molecule has 2 amide bonds. The first kappa shape index (κ1) is 21.7. The number of rotatable bonds is 4. The maximum atomic E-state index is 13.5. The molecule has 34 heavy (non-hydrogen) atoms. The van der Waals surface area contributed by atoms with Crippen molar-refractivity contribution < 1.29 is 14.7 Å². The maximum Gasteiger partial charge on any atom is 0.278 e. The number of β-amino-alcohol motifs (C(OH)–C–C–N with tert-alkyl or cyclic N) is 1. The fourth-order valence-corrected chi connectivity index (χ4v) is 4.41. The summed E-state index contributed by atoms with van der Waals surface area (Å²) in [4.78, 5) is 36.5. The second-order valence-electron chi connectivity index (χ2n) is 8.29. The van der Waals surface area contributed by atoms with E-state index in [1.54, 1.807) is 29.3 Å². The van der Waals surface area contributed by atoms with Crippen molar-refractivity contribution in [2.75, 3.05) is 6.54 Å². The molecule has 1 fully saturated rings. The highest BCUT2D eigenvalue weighted by Crippen LogP contribution is 2.27. The topological polar surface area (TPSA) is 82.9 Å². The summed E-state index contributed by atoms with van der Waals surface area (Å²) in [5, 5.41) is 11.2. The van der Waals surface area contributed by atoms with E-state index >= 15 is 0 Å². The highest BCUT2D eigenvalue weighted by Gasteiger charge is 2.34. The van der Waals surface area contributed by atoms with Crippen molar-refractivity contribution in [1.29, 1.82) is 0 Å².